The van der Waals surface area contributed by atoms with Crippen LogP contribution in [0.5, 0.6) is 0 Å². The van der Waals surface area contributed by atoms with Crippen molar-refractivity contribution in [3.05, 3.63) is 117 Å². The lowest BCUT2D eigenvalue weighted by atomic mass is 9.23. The third-order valence-corrected chi connectivity index (χ3v) is 7.18. The molecule has 1 heterocycles. The Hall–Kier alpha value is -4.44. The minimum Gasteiger partial charge on any atom is -0.411 e. The minimum atomic E-state index is -5.84. The normalized spacial score (nSPS) is 13.0. The van der Waals surface area contributed by atoms with Gasteiger partial charge in [0.1, 0.15) is 34.9 Å². The second-order valence-corrected chi connectivity index (χ2v) is 9.19. The number of para-hydroxylation sites is 1. The van der Waals surface area contributed by atoms with Crippen LogP contribution in [0.1, 0.15) is 5.56 Å². The number of benzene rings is 4. The number of halogens is 15. The van der Waals surface area contributed by atoms with E-state index in [9.17, 15) is 39.5 Å². The van der Waals surface area contributed by atoms with Gasteiger partial charge in [-0.25, -0.2) is 65.9 Å². The Labute approximate surface area is 229 Å². The molecule has 43 heavy (non-hydrogen) atoms. The van der Waals surface area contributed by atoms with Gasteiger partial charge in [-0.15, -0.1) is 0 Å². The zero-order valence-corrected chi connectivity index (χ0v) is 20.3. The van der Waals surface area contributed by atoms with Crippen LogP contribution in [0.25, 0.3) is 0 Å². The molecule has 0 unspecified atom stereocenters. The van der Waals surface area contributed by atoms with Gasteiger partial charge >= 0.3 is 6.28 Å². The van der Waals surface area contributed by atoms with Crippen molar-refractivity contribution in [3.8, 4) is 0 Å². The number of nitrogens with zero attached hydrogens (tertiary/aromatic N) is 1. The van der Waals surface area contributed by atoms with Crippen molar-refractivity contribution in [3.63, 3.8) is 0 Å². The lowest BCUT2D eigenvalue weighted by Gasteiger charge is -2.39. The highest BCUT2D eigenvalue weighted by Crippen LogP contribution is 2.34. The molecule has 5 rings (SSSR count). The average molecular weight is 629 g/mol. The molecule has 1 nitrogen and oxygen atoms in total. The molecule has 0 N–H and O–H groups in total. The Morgan fingerprint density at radius 2 is 0.674 bits per heavy atom. The number of hydrogen-bond acceptors (Lipinski definition) is 0. The van der Waals surface area contributed by atoms with Crippen LogP contribution in [-0.2, 0) is 6.42 Å². The summed E-state index contributed by atoms with van der Waals surface area (Å²) in [7, 11) is 0. The van der Waals surface area contributed by atoms with Crippen molar-refractivity contribution in [2.45, 2.75) is 6.42 Å². The van der Waals surface area contributed by atoms with E-state index in [-0.39, 0.29) is 10.0 Å². The predicted molar refractivity (Wildman–Crippen MR) is 119 cm³/mol. The summed E-state index contributed by atoms with van der Waals surface area (Å²) in [6.07, 6.45) is -5.90. The fourth-order valence-electron chi connectivity index (χ4n) is 5.41. The zero-order valence-electron chi connectivity index (χ0n) is 20.3. The maximum atomic E-state index is 15.6. The molecule has 224 valence electrons. The fraction of sp³-hybridized carbons (Fsp3) is 0.0385. The maximum Gasteiger partial charge on any atom is 0.377 e. The van der Waals surface area contributed by atoms with Crippen LogP contribution in [0.3, 0.4) is 0 Å². The van der Waals surface area contributed by atoms with Gasteiger partial charge in [0.05, 0.1) is 12.6 Å². The van der Waals surface area contributed by atoms with Gasteiger partial charge < -0.3 is 4.49 Å². The molecular weight excluding hydrogens is 622 g/mol. The maximum absolute atomic E-state index is 15.6. The lowest BCUT2D eigenvalue weighted by Crippen LogP contribution is -2.78. The highest BCUT2D eigenvalue weighted by atomic mass is 19.2. The third kappa shape index (κ3) is 3.82. The van der Waals surface area contributed by atoms with E-state index in [1.54, 1.807) is 0 Å². The largest absolute Gasteiger partial charge is 0.411 e. The van der Waals surface area contributed by atoms with Crippen LogP contribution >= 0.6 is 0 Å². The summed E-state index contributed by atoms with van der Waals surface area (Å²) >= 11 is 0. The summed E-state index contributed by atoms with van der Waals surface area (Å²) in [5, 5.41) is 0. The first-order valence-corrected chi connectivity index (χ1v) is 11.5. The zero-order chi connectivity index (χ0) is 31.9. The second-order valence-electron chi connectivity index (χ2n) is 9.19. The highest BCUT2D eigenvalue weighted by molar-refractivity contribution is 7.06. The molecular formula is C26H7BF15N. The number of fused-ring (bicyclic) bond motifs is 1. The molecule has 4 aromatic rings. The minimum absolute atomic E-state index is 0.0375. The molecule has 0 aromatic heterocycles. The Morgan fingerprint density at radius 1 is 0.395 bits per heavy atom. The molecule has 4 aromatic carbocycles. The standard InChI is InChI=1S/C26H7BF15N/c28-12-9(13(29)19(35)24(40)18(12)34)27(43-6-5-7-3-1-2-4-8(7)43,10-14(30)20(36)25(41)21(37)15(10)31)11-16(32)22(38)26(42)23(39)17(11)33/h1-4,6H,5H2. The van der Waals surface area contributed by atoms with Gasteiger partial charge in [-0.3, -0.25) is 0 Å². The summed E-state index contributed by atoms with van der Waals surface area (Å²) in [4.78, 5) is 0. The summed E-state index contributed by atoms with van der Waals surface area (Å²) < 4.78 is 224. The van der Waals surface area contributed by atoms with Gasteiger partial charge in [-0.2, -0.15) is 0 Å². The molecule has 0 radical (unpaired) electrons. The molecule has 0 saturated heterocycles. The Balaban J connectivity index is 2.25. The average Bonchev–Trinajstić information content (AvgIpc) is 3.43. The summed E-state index contributed by atoms with van der Waals surface area (Å²) in [5.74, 6) is -45.5. The van der Waals surface area contributed by atoms with Gasteiger partial charge in [-0.1, -0.05) is 18.2 Å². The van der Waals surface area contributed by atoms with Gasteiger partial charge in [0.2, 0.25) is 0 Å². The molecule has 0 amide bonds. The summed E-state index contributed by atoms with van der Waals surface area (Å²) in [6, 6.07) is 4.28. The fourth-order valence-corrected chi connectivity index (χ4v) is 5.41. The van der Waals surface area contributed by atoms with Gasteiger partial charge in [-0.05, 0) is 16.4 Å². The smallest absolute Gasteiger partial charge is 0.377 e. The van der Waals surface area contributed by atoms with Crippen molar-refractivity contribution >= 4 is 34.6 Å². The molecule has 0 atom stereocenters. The second kappa shape index (κ2) is 10.1. The van der Waals surface area contributed by atoms with Crippen molar-refractivity contribution in [2.24, 2.45) is 0 Å². The summed E-state index contributed by atoms with van der Waals surface area (Å²) in [5.41, 5.74) is -8.83. The van der Waals surface area contributed by atoms with E-state index in [4.69, 9.17) is 0 Å². The lowest BCUT2D eigenvalue weighted by molar-refractivity contribution is -0.279. The van der Waals surface area contributed by atoms with Crippen LogP contribution in [-0.4, -0.2) is 17.0 Å². The van der Waals surface area contributed by atoms with E-state index in [0.717, 1.165) is 18.2 Å². The molecule has 0 bridgehead atoms. The molecule has 0 saturated carbocycles. The molecule has 0 aliphatic carbocycles. The van der Waals surface area contributed by atoms with Crippen LogP contribution in [0.2, 0.25) is 0 Å². The van der Waals surface area contributed by atoms with Crippen molar-refractivity contribution in [1.82, 2.24) is 0 Å². The van der Waals surface area contributed by atoms with E-state index in [2.05, 4.69) is 0 Å². The molecule has 1 aliphatic rings. The third-order valence-electron chi connectivity index (χ3n) is 7.18. The summed E-state index contributed by atoms with van der Waals surface area (Å²) in [6.45, 7) is 0. The quantitative estimate of drug-likeness (QED) is 0.118. The highest BCUT2D eigenvalue weighted by Gasteiger charge is 2.58. The van der Waals surface area contributed by atoms with Gasteiger partial charge in [0.15, 0.2) is 58.0 Å². The number of hydrogen-bond donors (Lipinski definition) is 0. The monoisotopic (exact) mass is 629 g/mol. The van der Waals surface area contributed by atoms with E-state index in [1.807, 2.05) is 0 Å². The van der Waals surface area contributed by atoms with Crippen molar-refractivity contribution < 1.29 is 70.3 Å². The van der Waals surface area contributed by atoms with Crippen LogP contribution < -0.4 is 16.4 Å². The Kier molecular flexibility index (Phi) is 7.05. The predicted octanol–water partition coefficient (Wildman–Crippen LogP) is 5.71. The molecule has 0 spiro atoms. The van der Waals surface area contributed by atoms with E-state index in [0.29, 0.717) is 6.21 Å². The SMILES string of the molecule is Fc1c(F)c(F)c([B-](c2c(F)c(F)c(F)c(F)c2F)(c2c(F)c(F)c(F)c(F)c2F)[N+]2=CCc3ccccc32)c(F)c1F. The van der Waals surface area contributed by atoms with Gasteiger partial charge in [0.25, 0.3) is 0 Å². The van der Waals surface area contributed by atoms with Gasteiger partial charge in [0, 0.05) is 11.6 Å². The van der Waals surface area contributed by atoms with E-state index < -0.39 is 122 Å². The van der Waals surface area contributed by atoms with Crippen LogP contribution in [0, 0.1) is 87.3 Å². The van der Waals surface area contributed by atoms with Crippen molar-refractivity contribution in [1.29, 1.82) is 0 Å². The Bertz CT molecular complexity index is 1670. The molecule has 0 fully saturated rings. The topological polar surface area (TPSA) is 3.01 Å². The first-order valence-electron chi connectivity index (χ1n) is 11.5. The first kappa shape index (κ1) is 30.0. The molecule has 1 aliphatic heterocycles. The van der Waals surface area contributed by atoms with E-state index in [1.165, 1.54) is 6.07 Å². The first-order chi connectivity index (χ1) is 20.1. The molecule has 17 heteroatoms. The van der Waals surface area contributed by atoms with Crippen LogP contribution in [0.15, 0.2) is 24.3 Å². The number of rotatable bonds is 4. The van der Waals surface area contributed by atoms with Crippen molar-refractivity contribution in [2.75, 3.05) is 0 Å². The Morgan fingerprint density at radius 3 is 1.00 bits per heavy atom. The van der Waals surface area contributed by atoms with E-state index >= 15 is 26.3 Å². The van der Waals surface area contributed by atoms with Crippen LogP contribution in [0.4, 0.5) is 71.5 Å².